The molecule has 3 aliphatic rings. The number of amides is 2. The van der Waals surface area contributed by atoms with Gasteiger partial charge in [0, 0.05) is 11.1 Å². The van der Waals surface area contributed by atoms with Crippen LogP contribution < -0.4 is 10.6 Å². The van der Waals surface area contributed by atoms with Crippen molar-refractivity contribution >= 4 is 29.4 Å². The Balaban J connectivity index is 1.47. The number of rotatable bonds is 5. The molecule has 0 aliphatic heterocycles. The van der Waals surface area contributed by atoms with Crippen LogP contribution in [0.2, 0.25) is 5.02 Å². The van der Waals surface area contributed by atoms with Crippen molar-refractivity contribution in [2.24, 2.45) is 5.41 Å². The zero-order valence-corrected chi connectivity index (χ0v) is 16.2. The minimum absolute atomic E-state index is 0.0627. The monoisotopic (exact) mass is 396 g/mol. The number of Topliss-reactive ketones (excluding diaryl/α,β-unsaturated/α-hetero) is 1. The van der Waals surface area contributed by atoms with E-state index >= 15 is 0 Å². The molecule has 3 fully saturated rings. The second kappa shape index (κ2) is 6.48. The zero-order chi connectivity index (χ0) is 20.0. The molecule has 0 atom stereocenters. The van der Waals surface area contributed by atoms with E-state index in [-0.39, 0.29) is 28.6 Å². The number of ketones is 1. The Kier molecular flexibility index (Phi) is 4.70. The van der Waals surface area contributed by atoms with Crippen molar-refractivity contribution in [3.8, 4) is 0 Å². The maximum absolute atomic E-state index is 13.4. The largest absolute Gasteiger partial charge is 0.444 e. The molecule has 3 saturated carbocycles. The van der Waals surface area contributed by atoms with E-state index in [1.165, 1.54) is 12.1 Å². The highest BCUT2D eigenvalue weighted by atomic mass is 35.5. The molecule has 146 valence electrons. The van der Waals surface area contributed by atoms with Gasteiger partial charge in [-0.15, -0.1) is 0 Å². The summed E-state index contributed by atoms with van der Waals surface area (Å²) >= 11 is 5.59. The molecular weight excluding hydrogens is 375 g/mol. The molecule has 6 nitrogen and oxygen atoms in total. The first kappa shape index (κ1) is 19.6. The van der Waals surface area contributed by atoms with E-state index < -0.39 is 28.7 Å². The van der Waals surface area contributed by atoms with E-state index in [9.17, 15) is 18.8 Å². The van der Waals surface area contributed by atoms with Crippen molar-refractivity contribution < 1.29 is 23.5 Å². The van der Waals surface area contributed by atoms with Gasteiger partial charge < -0.3 is 15.4 Å². The predicted molar refractivity (Wildman–Crippen MR) is 97.1 cm³/mol. The topological polar surface area (TPSA) is 84.5 Å². The van der Waals surface area contributed by atoms with Gasteiger partial charge in [-0.3, -0.25) is 9.59 Å². The minimum Gasteiger partial charge on any atom is -0.444 e. The summed E-state index contributed by atoms with van der Waals surface area (Å²) in [4.78, 5) is 36.4. The maximum Gasteiger partial charge on any atom is 0.408 e. The van der Waals surface area contributed by atoms with Crippen LogP contribution in [0.1, 0.15) is 50.4 Å². The summed E-state index contributed by atoms with van der Waals surface area (Å²) in [5.41, 5.74) is -1.36. The number of carbonyl (C=O) groups excluding carboxylic acids is 3. The van der Waals surface area contributed by atoms with Crippen LogP contribution in [0.5, 0.6) is 0 Å². The highest BCUT2D eigenvalue weighted by Crippen LogP contribution is 2.67. The van der Waals surface area contributed by atoms with Gasteiger partial charge in [-0.1, -0.05) is 11.6 Å². The molecule has 0 radical (unpaired) electrons. The number of ether oxygens (including phenoxy) is 1. The van der Waals surface area contributed by atoms with Crippen LogP contribution in [-0.2, 0) is 9.53 Å². The lowest BCUT2D eigenvalue weighted by atomic mass is 9.39. The van der Waals surface area contributed by atoms with E-state index in [1.54, 1.807) is 20.8 Å². The molecule has 2 bridgehead atoms. The summed E-state index contributed by atoms with van der Waals surface area (Å²) < 4.78 is 18.7. The second-order valence-corrected chi connectivity index (χ2v) is 8.86. The Morgan fingerprint density at radius 3 is 2.41 bits per heavy atom. The van der Waals surface area contributed by atoms with E-state index in [4.69, 9.17) is 16.3 Å². The molecule has 1 aromatic rings. The molecular formula is C19H22ClFN2O4. The molecule has 3 aliphatic carbocycles. The second-order valence-electron chi connectivity index (χ2n) is 8.45. The molecule has 4 rings (SSSR count). The van der Waals surface area contributed by atoms with Gasteiger partial charge in [0.15, 0.2) is 5.78 Å². The molecule has 1 aromatic carbocycles. The molecule has 2 amide bonds. The van der Waals surface area contributed by atoms with Gasteiger partial charge in [0.25, 0.3) is 0 Å². The third kappa shape index (κ3) is 3.93. The van der Waals surface area contributed by atoms with Gasteiger partial charge in [0.2, 0.25) is 5.91 Å². The van der Waals surface area contributed by atoms with Crippen LogP contribution in [0.4, 0.5) is 9.18 Å². The van der Waals surface area contributed by atoms with Crippen molar-refractivity contribution in [1.29, 1.82) is 0 Å². The van der Waals surface area contributed by atoms with Gasteiger partial charge in [0.05, 0.1) is 17.0 Å². The summed E-state index contributed by atoms with van der Waals surface area (Å²) in [6.07, 6.45) is 1.08. The molecule has 0 saturated heterocycles. The highest BCUT2D eigenvalue weighted by molar-refractivity contribution is 6.30. The third-order valence-corrected chi connectivity index (χ3v) is 5.24. The van der Waals surface area contributed by atoms with Gasteiger partial charge in [0.1, 0.15) is 11.4 Å². The Bertz CT molecular complexity index is 799. The first-order valence-electron chi connectivity index (χ1n) is 8.72. The minimum atomic E-state index is -0.677. The van der Waals surface area contributed by atoms with Gasteiger partial charge in [-0.25, -0.2) is 9.18 Å². The fourth-order valence-electron chi connectivity index (χ4n) is 3.80. The Morgan fingerprint density at radius 2 is 1.85 bits per heavy atom. The highest BCUT2D eigenvalue weighted by Gasteiger charge is 2.72. The third-order valence-electron chi connectivity index (χ3n) is 4.93. The number of benzene rings is 1. The fraction of sp³-hybridized carbons (Fsp3) is 0.526. The Morgan fingerprint density at radius 1 is 1.22 bits per heavy atom. The number of hydrogen-bond acceptors (Lipinski definition) is 4. The number of carbonyl (C=O) groups is 3. The molecule has 0 aromatic heterocycles. The van der Waals surface area contributed by atoms with E-state index in [0.29, 0.717) is 19.3 Å². The predicted octanol–water partition coefficient (Wildman–Crippen LogP) is 3.23. The molecule has 27 heavy (non-hydrogen) atoms. The van der Waals surface area contributed by atoms with Crippen molar-refractivity contribution in [3.63, 3.8) is 0 Å². The van der Waals surface area contributed by atoms with Gasteiger partial charge in [-0.05, 0) is 58.2 Å². The lowest BCUT2D eigenvalue weighted by molar-refractivity contribution is -0.179. The maximum atomic E-state index is 13.4. The average Bonchev–Trinajstić information content (AvgIpc) is 2.47. The summed E-state index contributed by atoms with van der Waals surface area (Å²) in [6.45, 7) is 5.14. The van der Waals surface area contributed by atoms with Gasteiger partial charge >= 0.3 is 6.09 Å². The van der Waals surface area contributed by atoms with Crippen LogP contribution in [-0.4, -0.2) is 35.5 Å². The number of nitrogens with one attached hydrogen (secondary N) is 2. The SMILES string of the molecule is CC(C)(C)OC(=O)NC12CC(C(=O)NCC(=O)c3ccc(Cl)c(F)c3)(C1)C2. The lowest BCUT2D eigenvalue weighted by Crippen LogP contribution is -2.78. The molecule has 8 heteroatoms. The van der Waals surface area contributed by atoms with E-state index in [2.05, 4.69) is 10.6 Å². The Hall–Kier alpha value is -2.15. The van der Waals surface area contributed by atoms with Crippen molar-refractivity contribution in [2.45, 2.75) is 51.2 Å². The summed E-state index contributed by atoms with van der Waals surface area (Å²) in [5.74, 6) is -1.30. The van der Waals surface area contributed by atoms with Crippen molar-refractivity contribution in [3.05, 3.63) is 34.6 Å². The molecule has 0 spiro atoms. The number of alkyl carbamates (subject to hydrolysis) is 1. The quantitative estimate of drug-likeness (QED) is 0.748. The van der Waals surface area contributed by atoms with E-state index in [0.717, 1.165) is 6.07 Å². The van der Waals surface area contributed by atoms with Crippen LogP contribution in [0, 0.1) is 11.2 Å². The standard InChI is InChI=1S/C19H22ClFN2O4/c1-17(2,3)27-16(26)23-19-8-18(9-19,10-19)15(25)22-7-14(24)11-4-5-12(20)13(21)6-11/h4-6H,7-10H2,1-3H3,(H,22,25)(H,23,26). The van der Waals surface area contributed by atoms with Gasteiger partial charge in [-0.2, -0.15) is 0 Å². The fourth-order valence-corrected chi connectivity index (χ4v) is 3.92. The summed E-state index contributed by atoms with van der Waals surface area (Å²) in [5, 5.41) is 5.39. The van der Waals surface area contributed by atoms with Crippen LogP contribution >= 0.6 is 11.6 Å². The Labute approximate surface area is 161 Å². The van der Waals surface area contributed by atoms with E-state index in [1.807, 2.05) is 0 Å². The first-order chi connectivity index (χ1) is 12.4. The lowest BCUT2D eigenvalue weighted by Gasteiger charge is -2.68. The van der Waals surface area contributed by atoms with Crippen LogP contribution in [0.3, 0.4) is 0 Å². The normalized spacial score (nSPS) is 25.7. The molecule has 0 unspecified atom stereocenters. The molecule has 2 N–H and O–H groups in total. The van der Waals surface area contributed by atoms with Crippen LogP contribution in [0.25, 0.3) is 0 Å². The van der Waals surface area contributed by atoms with Crippen molar-refractivity contribution in [2.75, 3.05) is 6.54 Å². The van der Waals surface area contributed by atoms with Crippen LogP contribution in [0.15, 0.2) is 18.2 Å². The average molecular weight is 397 g/mol. The zero-order valence-electron chi connectivity index (χ0n) is 15.4. The molecule has 0 heterocycles. The number of hydrogen-bond donors (Lipinski definition) is 2. The number of halogens is 2. The smallest absolute Gasteiger partial charge is 0.408 e. The summed E-state index contributed by atoms with van der Waals surface area (Å²) in [6, 6.07) is 3.78. The summed E-state index contributed by atoms with van der Waals surface area (Å²) in [7, 11) is 0. The first-order valence-corrected chi connectivity index (χ1v) is 9.09. The van der Waals surface area contributed by atoms with Crippen molar-refractivity contribution in [1.82, 2.24) is 10.6 Å².